The van der Waals surface area contributed by atoms with Gasteiger partial charge in [-0.2, -0.15) is 0 Å². The maximum Gasteiger partial charge on any atom is 0.264 e. The lowest BCUT2D eigenvalue weighted by Gasteiger charge is -2.18. The van der Waals surface area contributed by atoms with E-state index in [2.05, 4.69) is 0 Å². The van der Waals surface area contributed by atoms with Crippen LogP contribution in [0.4, 0.5) is 0 Å². The maximum absolute atomic E-state index is 12.3. The van der Waals surface area contributed by atoms with Gasteiger partial charge in [0.1, 0.15) is 13.2 Å². The van der Waals surface area contributed by atoms with E-state index in [1.165, 1.54) is 18.2 Å². The third-order valence-electron chi connectivity index (χ3n) is 3.61. The van der Waals surface area contributed by atoms with E-state index in [0.29, 0.717) is 35.8 Å². The number of hydrogen-bond acceptors (Lipinski definition) is 5. The number of benzene rings is 2. The zero-order chi connectivity index (χ0) is 17.9. The lowest BCUT2D eigenvalue weighted by atomic mass is 10.2. The molecule has 2 aromatic rings. The van der Waals surface area contributed by atoms with Crippen LogP contribution in [0.1, 0.15) is 11.1 Å². The van der Waals surface area contributed by atoms with Crippen LogP contribution < -0.4 is 14.2 Å². The summed E-state index contributed by atoms with van der Waals surface area (Å²) in [6.07, 6.45) is 2.68. The summed E-state index contributed by atoms with van der Waals surface area (Å²) in [5.74, 6) is 0.523. The van der Waals surface area contributed by atoms with Gasteiger partial charge in [-0.05, 0) is 42.3 Å². The summed E-state index contributed by atoms with van der Waals surface area (Å²) >= 11 is 0. The van der Waals surface area contributed by atoms with Crippen molar-refractivity contribution in [2.75, 3.05) is 13.2 Å². The van der Waals surface area contributed by atoms with Crippen molar-refractivity contribution in [3.05, 3.63) is 59.7 Å². The zero-order valence-electron chi connectivity index (χ0n) is 13.6. The maximum atomic E-state index is 12.3. The second kappa shape index (κ2) is 6.98. The first-order chi connectivity index (χ1) is 12.0. The highest BCUT2D eigenvalue weighted by Crippen LogP contribution is 2.31. The molecule has 0 unspecified atom stereocenters. The Morgan fingerprint density at radius 1 is 1.08 bits per heavy atom. The molecule has 6 nitrogen and oxygen atoms in total. The Morgan fingerprint density at radius 2 is 1.80 bits per heavy atom. The van der Waals surface area contributed by atoms with Crippen LogP contribution >= 0.6 is 0 Å². The number of sulfonamides is 1. The SMILES string of the molecule is Cc1ccccc1S(=O)(=O)NC(=O)/C=C/c1ccc2c(c1)OCCO2. The minimum atomic E-state index is -3.90. The molecule has 130 valence electrons. The van der Waals surface area contributed by atoms with E-state index >= 15 is 0 Å². The number of amides is 1. The van der Waals surface area contributed by atoms with Crippen LogP contribution in [0, 0.1) is 6.92 Å². The summed E-state index contributed by atoms with van der Waals surface area (Å²) < 4.78 is 37.5. The minimum Gasteiger partial charge on any atom is -0.486 e. The fourth-order valence-electron chi connectivity index (χ4n) is 2.41. The van der Waals surface area contributed by atoms with E-state index < -0.39 is 15.9 Å². The average molecular weight is 359 g/mol. The summed E-state index contributed by atoms with van der Waals surface area (Å²) in [5, 5.41) is 0. The molecule has 0 saturated carbocycles. The summed E-state index contributed by atoms with van der Waals surface area (Å²) in [4.78, 5) is 12.1. The van der Waals surface area contributed by atoms with E-state index in [0.717, 1.165) is 0 Å². The van der Waals surface area contributed by atoms with E-state index in [9.17, 15) is 13.2 Å². The molecule has 0 atom stereocenters. The molecule has 0 fully saturated rings. The van der Waals surface area contributed by atoms with Crippen molar-refractivity contribution in [1.82, 2.24) is 4.72 Å². The number of nitrogens with one attached hydrogen (secondary N) is 1. The fourth-order valence-corrected chi connectivity index (χ4v) is 3.61. The van der Waals surface area contributed by atoms with Gasteiger partial charge in [-0.15, -0.1) is 0 Å². The Morgan fingerprint density at radius 3 is 2.56 bits per heavy atom. The highest BCUT2D eigenvalue weighted by molar-refractivity contribution is 7.90. The lowest BCUT2D eigenvalue weighted by Crippen LogP contribution is -2.29. The van der Waals surface area contributed by atoms with E-state index in [-0.39, 0.29) is 4.90 Å². The molecular formula is C18H17NO5S. The Hall–Kier alpha value is -2.80. The van der Waals surface area contributed by atoms with Crippen LogP contribution in [0.25, 0.3) is 6.08 Å². The second-order valence-electron chi connectivity index (χ2n) is 5.47. The van der Waals surface area contributed by atoms with Gasteiger partial charge in [-0.1, -0.05) is 24.3 Å². The standard InChI is InChI=1S/C18H17NO5S/c1-13-4-2-3-5-17(13)25(21,22)19-18(20)9-7-14-6-8-15-16(12-14)24-11-10-23-15/h2-9,12H,10-11H2,1H3,(H,19,20)/b9-7+. The predicted octanol–water partition coefficient (Wildman–Crippen LogP) is 2.28. The van der Waals surface area contributed by atoms with Crippen LogP contribution in [0.5, 0.6) is 11.5 Å². The summed E-state index contributed by atoms with van der Waals surface area (Å²) in [6, 6.07) is 11.7. The Labute approximate surface area is 146 Å². The molecule has 1 N–H and O–H groups in total. The highest BCUT2D eigenvalue weighted by Gasteiger charge is 2.18. The lowest BCUT2D eigenvalue weighted by molar-refractivity contribution is -0.114. The van der Waals surface area contributed by atoms with Crippen molar-refractivity contribution >= 4 is 22.0 Å². The smallest absolute Gasteiger partial charge is 0.264 e. The molecule has 0 radical (unpaired) electrons. The molecule has 3 rings (SSSR count). The van der Waals surface area contributed by atoms with Crippen molar-refractivity contribution in [1.29, 1.82) is 0 Å². The van der Waals surface area contributed by atoms with Gasteiger partial charge < -0.3 is 9.47 Å². The number of aryl methyl sites for hydroxylation is 1. The van der Waals surface area contributed by atoms with Crippen LogP contribution in [-0.4, -0.2) is 27.5 Å². The number of hydrogen-bond donors (Lipinski definition) is 1. The molecule has 0 aromatic heterocycles. The Kier molecular flexibility index (Phi) is 4.76. The molecule has 1 heterocycles. The third kappa shape index (κ3) is 4.00. The van der Waals surface area contributed by atoms with Crippen LogP contribution in [0.15, 0.2) is 53.4 Å². The molecule has 1 aliphatic heterocycles. The van der Waals surface area contributed by atoms with Crippen molar-refractivity contribution in [3.63, 3.8) is 0 Å². The number of rotatable bonds is 4. The zero-order valence-corrected chi connectivity index (χ0v) is 14.4. The monoisotopic (exact) mass is 359 g/mol. The van der Waals surface area contributed by atoms with Gasteiger partial charge in [0.05, 0.1) is 4.90 Å². The normalized spacial score (nSPS) is 13.6. The quantitative estimate of drug-likeness (QED) is 0.847. The summed E-state index contributed by atoms with van der Waals surface area (Å²) in [6.45, 7) is 2.64. The molecule has 0 saturated heterocycles. The highest BCUT2D eigenvalue weighted by atomic mass is 32.2. The van der Waals surface area contributed by atoms with Gasteiger partial charge in [0.25, 0.3) is 15.9 Å². The number of ether oxygens (including phenoxy) is 2. The molecular weight excluding hydrogens is 342 g/mol. The van der Waals surface area contributed by atoms with Crippen molar-refractivity contribution < 1.29 is 22.7 Å². The van der Waals surface area contributed by atoms with Crippen LogP contribution in [-0.2, 0) is 14.8 Å². The largest absolute Gasteiger partial charge is 0.486 e. The molecule has 2 aromatic carbocycles. The number of carbonyl (C=O) groups is 1. The van der Waals surface area contributed by atoms with Gasteiger partial charge in [0.15, 0.2) is 11.5 Å². The molecule has 0 spiro atoms. The van der Waals surface area contributed by atoms with E-state index in [4.69, 9.17) is 9.47 Å². The minimum absolute atomic E-state index is 0.0797. The van der Waals surface area contributed by atoms with Gasteiger partial charge >= 0.3 is 0 Å². The van der Waals surface area contributed by atoms with Crippen molar-refractivity contribution in [2.24, 2.45) is 0 Å². The fraction of sp³-hybridized carbons (Fsp3) is 0.167. The summed E-state index contributed by atoms with van der Waals surface area (Å²) in [5.41, 5.74) is 1.27. The third-order valence-corrected chi connectivity index (χ3v) is 5.12. The van der Waals surface area contributed by atoms with Crippen molar-refractivity contribution in [2.45, 2.75) is 11.8 Å². The first kappa shape index (κ1) is 17.0. The van der Waals surface area contributed by atoms with Gasteiger partial charge in [-0.3, -0.25) is 4.79 Å². The van der Waals surface area contributed by atoms with Gasteiger partial charge in [0.2, 0.25) is 0 Å². The topological polar surface area (TPSA) is 81.7 Å². The van der Waals surface area contributed by atoms with E-state index in [1.807, 2.05) is 4.72 Å². The summed E-state index contributed by atoms with van der Waals surface area (Å²) in [7, 11) is -3.90. The van der Waals surface area contributed by atoms with Crippen molar-refractivity contribution in [3.8, 4) is 11.5 Å². The molecule has 0 aliphatic carbocycles. The second-order valence-corrected chi connectivity index (χ2v) is 7.12. The molecule has 0 bridgehead atoms. The van der Waals surface area contributed by atoms with Crippen LogP contribution in [0.3, 0.4) is 0 Å². The number of fused-ring (bicyclic) bond motifs is 1. The Bertz CT molecular complexity index is 934. The average Bonchev–Trinajstić information content (AvgIpc) is 2.59. The Balaban J connectivity index is 1.72. The molecule has 25 heavy (non-hydrogen) atoms. The molecule has 1 amide bonds. The molecule has 1 aliphatic rings. The first-order valence-electron chi connectivity index (χ1n) is 7.66. The first-order valence-corrected chi connectivity index (χ1v) is 9.14. The van der Waals surface area contributed by atoms with Gasteiger partial charge in [-0.25, -0.2) is 13.1 Å². The number of carbonyl (C=O) groups excluding carboxylic acids is 1. The molecule has 7 heteroatoms. The predicted molar refractivity (Wildman–Crippen MR) is 93.0 cm³/mol. The van der Waals surface area contributed by atoms with Crippen LogP contribution in [0.2, 0.25) is 0 Å². The van der Waals surface area contributed by atoms with E-state index in [1.54, 1.807) is 43.3 Å². The van der Waals surface area contributed by atoms with Gasteiger partial charge in [0, 0.05) is 6.08 Å².